The van der Waals surface area contributed by atoms with Gasteiger partial charge in [-0.3, -0.25) is 14.7 Å². The lowest BCUT2D eigenvalue weighted by Crippen LogP contribution is -2.16. The lowest BCUT2D eigenvalue weighted by Gasteiger charge is -2.05. The minimum Gasteiger partial charge on any atom is -0.481 e. The topological polar surface area (TPSA) is 100 Å². The Morgan fingerprint density at radius 3 is 3.17 bits per heavy atom. The maximum absolute atomic E-state index is 11.6. The van der Waals surface area contributed by atoms with E-state index in [1.807, 2.05) is 0 Å². The zero-order chi connectivity index (χ0) is 13.1. The van der Waals surface area contributed by atoms with E-state index in [2.05, 4.69) is 15.1 Å². The molecule has 0 amide bonds. The Bertz CT molecular complexity index is 621. The van der Waals surface area contributed by atoms with Gasteiger partial charge >= 0.3 is 5.97 Å². The molecule has 1 unspecified atom stereocenters. The maximum atomic E-state index is 11.6. The third-order valence-corrected chi connectivity index (χ3v) is 3.60. The van der Waals surface area contributed by atoms with Crippen LogP contribution in [0.1, 0.15) is 12.6 Å². The van der Waals surface area contributed by atoms with E-state index in [0.29, 0.717) is 23.0 Å². The van der Waals surface area contributed by atoms with E-state index in [0.717, 1.165) is 0 Å². The van der Waals surface area contributed by atoms with Gasteiger partial charge in [0.2, 0.25) is 0 Å². The van der Waals surface area contributed by atoms with Crippen LogP contribution in [0.3, 0.4) is 0 Å². The van der Waals surface area contributed by atoms with E-state index in [1.165, 1.54) is 28.7 Å². The van der Waals surface area contributed by atoms with Crippen molar-refractivity contribution < 1.29 is 9.90 Å². The minimum atomic E-state index is -0.821. The Balaban J connectivity index is 2.04. The van der Waals surface area contributed by atoms with Crippen LogP contribution in [0.2, 0.25) is 0 Å². The molecule has 0 aliphatic heterocycles. The van der Waals surface area contributed by atoms with Crippen LogP contribution >= 0.6 is 11.8 Å². The van der Waals surface area contributed by atoms with Gasteiger partial charge in [-0.25, -0.2) is 9.97 Å². The highest BCUT2D eigenvalue weighted by molar-refractivity contribution is 7.98. The van der Waals surface area contributed by atoms with Crippen molar-refractivity contribution in [2.24, 2.45) is 5.92 Å². The number of aromatic amines is 1. The summed E-state index contributed by atoms with van der Waals surface area (Å²) in [6.45, 7) is 1.65. The van der Waals surface area contributed by atoms with Crippen LogP contribution in [0, 0.1) is 5.92 Å². The van der Waals surface area contributed by atoms with Crippen LogP contribution in [0.15, 0.2) is 17.2 Å². The average molecular weight is 268 g/mol. The predicted molar refractivity (Wildman–Crippen MR) is 66.6 cm³/mol. The van der Waals surface area contributed by atoms with Gasteiger partial charge in [-0.15, -0.1) is 0 Å². The second-order valence-corrected chi connectivity index (χ2v) is 4.89. The lowest BCUT2D eigenvalue weighted by molar-refractivity contribution is -0.140. The number of H-pyrrole nitrogens is 1. The van der Waals surface area contributed by atoms with Crippen molar-refractivity contribution >= 4 is 23.5 Å². The normalized spacial score (nSPS) is 12.7. The standard InChI is InChI=1S/C10H12N4O3S/c1-6(9(16)17)3-18-4-7-2-8(15)14-10(13-7)11-5-12-14/h2,5-6H,3-4H2,1H3,(H,16,17)(H,11,12,13). The van der Waals surface area contributed by atoms with Crippen LogP contribution in [-0.2, 0) is 10.5 Å². The molecule has 2 rings (SSSR count). The molecule has 8 heteroatoms. The van der Waals surface area contributed by atoms with Crippen molar-refractivity contribution in [2.75, 3.05) is 5.75 Å². The Hall–Kier alpha value is -1.83. The van der Waals surface area contributed by atoms with Gasteiger partial charge in [-0.1, -0.05) is 6.92 Å². The number of hydrogen-bond donors (Lipinski definition) is 2. The quantitative estimate of drug-likeness (QED) is 0.812. The van der Waals surface area contributed by atoms with Crippen LogP contribution in [0.4, 0.5) is 0 Å². The summed E-state index contributed by atoms with van der Waals surface area (Å²) in [6, 6.07) is 1.42. The molecule has 0 fully saturated rings. The van der Waals surface area contributed by atoms with Crippen molar-refractivity contribution in [1.29, 1.82) is 0 Å². The number of aromatic nitrogens is 4. The fraction of sp³-hybridized carbons (Fsp3) is 0.400. The molecule has 0 aliphatic rings. The van der Waals surface area contributed by atoms with Crippen molar-refractivity contribution in [3.63, 3.8) is 0 Å². The molecule has 0 aromatic carbocycles. The predicted octanol–water partition coefficient (Wildman–Crippen LogP) is 0.371. The van der Waals surface area contributed by atoms with Gasteiger partial charge in [0.05, 0.1) is 11.6 Å². The summed E-state index contributed by atoms with van der Waals surface area (Å²) in [6.07, 6.45) is 1.40. The van der Waals surface area contributed by atoms with E-state index in [-0.39, 0.29) is 5.56 Å². The maximum Gasteiger partial charge on any atom is 0.307 e. The van der Waals surface area contributed by atoms with Gasteiger partial charge in [0.1, 0.15) is 6.33 Å². The number of fused-ring (bicyclic) bond motifs is 1. The Morgan fingerprint density at radius 2 is 2.44 bits per heavy atom. The van der Waals surface area contributed by atoms with Gasteiger partial charge in [-0.05, 0) is 0 Å². The van der Waals surface area contributed by atoms with Gasteiger partial charge in [0, 0.05) is 17.6 Å². The number of hydrogen-bond acceptors (Lipinski definition) is 5. The monoisotopic (exact) mass is 268 g/mol. The fourth-order valence-electron chi connectivity index (χ4n) is 1.35. The molecule has 2 aromatic heterocycles. The SMILES string of the molecule is CC(CSCc1cc(=O)n2[nH]cnc2n1)C(=O)O. The van der Waals surface area contributed by atoms with Crippen LogP contribution < -0.4 is 5.56 Å². The molecule has 0 saturated carbocycles. The summed E-state index contributed by atoms with van der Waals surface area (Å²) in [5.74, 6) is 0.0700. The molecule has 0 saturated heterocycles. The zero-order valence-electron chi connectivity index (χ0n) is 9.66. The smallest absolute Gasteiger partial charge is 0.307 e. The van der Waals surface area contributed by atoms with E-state index in [1.54, 1.807) is 6.92 Å². The first-order valence-electron chi connectivity index (χ1n) is 5.30. The molecular weight excluding hydrogens is 256 g/mol. The lowest BCUT2D eigenvalue weighted by atomic mass is 10.2. The highest BCUT2D eigenvalue weighted by Crippen LogP contribution is 2.13. The first kappa shape index (κ1) is 12.6. The summed E-state index contributed by atoms with van der Waals surface area (Å²) in [4.78, 5) is 30.3. The number of carbonyl (C=O) groups is 1. The molecule has 2 N–H and O–H groups in total. The van der Waals surface area contributed by atoms with E-state index >= 15 is 0 Å². The molecule has 0 spiro atoms. The second kappa shape index (κ2) is 5.21. The van der Waals surface area contributed by atoms with Crippen LogP contribution in [0.25, 0.3) is 5.78 Å². The van der Waals surface area contributed by atoms with Crippen molar-refractivity contribution in [1.82, 2.24) is 19.6 Å². The number of carboxylic acids is 1. The first-order valence-corrected chi connectivity index (χ1v) is 6.46. The highest BCUT2D eigenvalue weighted by atomic mass is 32.2. The molecule has 18 heavy (non-hydrogen) atoms. The highest BCUT2D eigenvalue weighted by Gasteiger charge is 2.11. The molecule has 0 bridgehead atoms. The minimum absolute atomic E-state index is 0.223. The van der Waals surface area contributed by atoms with Gasteiger partial charge < -0.3 is 5.11 Å². The second-order valence-electron chi connectivity index (χ2n) is 3.86. The van der Waals surface area contributed by atoms with Crippen molar-refractivity contribution in [2.45, 2.75) is 12.7 Å². The average Bonchev–Trinajstić information content (AvgIpc) is 2.77. The summed E-state index contributed by atoms with van der Waals surface area (Å²) >= 11 is 1.43. The molecule has 96 valence electrons. The fourth-order valence-corrected chi connectivity index (χ4v) is 2.33. The molecular formula is C10H12N4O3S. The number of thioether (sulfide) groups is 1. The summed E-state index contributed by atoms with van der Waals surface area (Å²) < 4.78 is 1.24. The summed E-state index contributed by atoms with van der Waals surface area (Å²) in [5, 5.41) is 11.4. The van der Waals surface area contributed by atoms with E-state index in [9.17, 15) is 9.59 Å². The molecule has 2 aromatic rings. The molecule has 7 nitrogen and oxygen atoms in total. The molecule has 1 atom stereocenters. The number of rotatable bonds is 5. The number of nitrogens with one attached hydrogen (secondary N) is 1. The zero-order valence-corrected chi connectivity index (χ0v) is 10.5. The van der Waals surface area contributed by atoms with Crippen LogP contribution in [-0.4, -0.2) is 36.4 Å². The summed E-state index contributed by atoms with van der Waals surface area (Å²) in [5.41, 5.74) is 0.383. The number of aliphatic carboxylic acids is 1. The van der Waals surface area contributed by atoms with Crippen molar-refractivity contribution in [3.05, 3.63) is 28.4 Å². The molecule has 0 radical (unpaired) electrons. The van der Waals surface area contributed by atoms with Crippen molar-refractivity contribution in [3.8, 4) is 0 Å². The van der Waals surface area contributed by atoms with Gasteiger partial charge in [0.25, 0.3) is 11.3 Å². The number of nitrogens with zero attached hydrogens (tertiary/aromatic N) is 3. The summed E-state index contributed by atoms with van der Waals surface area (Å²) in [7, 11) is 0. The Morgan fingerprint density at radius 1 is 1.67 bits per heavy atom. The Kier molecular flexibility index (Phi) is 3.66. The largest absolute Gasteiger partial charge is 0.481 e. The van der Waals surface area contributed by atoms with E-state index < -0.39 is 11.9 Å². The number of carboxylic acid groups (broad SMARTS) is 1. The first-order chi connectivity index (χ1) is 8.58. The third-order valence-electron chi connectivity index (χ3n) is 2.36. The molecule has 2 heterocycles. The molecule has 0 aliphatic carbocycles. The third kappa shape index (κ3) is 2.70. The Labute approximate surface area is 106 Å². The van der Waals surface area contributed by atoms with Gasteiger partial charge in [-0.2, -0.15) is 16.3 Å². The van der Waals surface area contributed by atoms with Crippen LogP contribution in [0.5, 0.6) is 0 Å². The van der Waals surface area contributed by atoms with Gasteiger partial charge in [0.15, 0.2) is 0 Å². The van der Waals surface area contributed by atoms with E-state index in [4.69, 9.17) is 5.11 Å².